The number of rotatable bonds is 13. The molecule has 5 aromatic carbocycles. The van der Waals surface area contributed by atoms with E-state index in [0.717, 1.165) is 33.5 Å². The van der Waals surface area contributed by atoms with Gasteiger partial charge in [-0.05, 0) is 141 Å². The molecule has 0 unspecified atom stereocenters. The summed E-state index contributed by atoms with van der Waals surface area (Å²) in [7, 11) is 7.73. The van der Waals surface area contributed by atoms with Gasteiger partial charge in [0.1, 0.15) is 71.8 Å². The number of fused-ring (bicyclic) bond motifs is 16. The van der Waals surface area contributed by atoms with Crippen LogP contribution < -0.4 is 57.3 Å². The van der Waals surface area contributed by atoms with E-state index in [1.165, 1.54) is 38.0 Å². The fraction of sp³-hybridized carbons (Fsp3) is 0.494. The molecule has 12 bridgehead atoms. The largest absolute Gasteiger partial charge is 0.497 e. The average molecular weight is 1630 g/mol. The number of amides is 12. The van der Waals surface area contributed by atoms with Gasteiger partial charge in [0.15, 0.2) is 0 Å². The molecule has 12 rings (SSSR count). The molecule has 7 heterocycles. The fourth-order valence-corrected chi connectivity index (χ4v) is 15.9. The number of benzene rings is 5. The van der Waals surface area contributed by atoms with Crippen molar-refractivity contribution in [2.24, 2.45) is 0 Å². The lowest BCUT2D eigenvalue weighted by Crippen LogP contribution is -2.64. The summed E-state index contributed by atoms with van der Waals surface area (Å²) >= 11 is 0. The Labute approximate surface area is 686 Å². The van der Waals surface area contributed by atoms with Crippen molar-refractivity contribution in [2.75, 3.05) is 80.7 Å². The minimum absolute atomic E-state index is 0.0909. The highest BCUT2D eigenvalue weighted by Gasteiger charge is 2.50. The second-order valence-corrected chi connectivity index (χ2v) is 32.7. The van der Waals surface area contributed by atoms with Crippen LogP contribution in [0.4, 0.5) is 4.39 Å². The van der Waals surface area contributed by atoms with Crippen molar-refractivity contribution in [2.45, 2.75) is 197 Å². The lowest BCUT2D eigenvalue weighted by molar-refractivity contribution is -0.870. The summed E-state index contributed by atoms with van der Waals surface area (Å²) in [4.78, 5) is 184. The smallest absolute Gasteiger partial charge is 0.246 e. The van der Waals surface area contributed by atoms with Crippen molar-refractivity contribution in [3.8, 4) is 11.5 Å². The van der Waals surface area contributed by atoms with E-state index in [4.69, 9.17) is 14.2 Å². The number of aliphatic hydroxyl groups excluding tert-OH is 1. The standard InChI is InChI=1S/C87H111FN14O16/c1-54-79(108)96-70(50-91-74(105)46-60-17-13-19-65(43-60)117-41-15-40-102(4,5)6)81(110)93-67-45-59-16-12-18-61(42-59)49-90-75(106)53-118-72-33-39-100-78(72)83(112)97-77(55(2)103)82(111)95-68(44-57-24-27-64(116-7)28-25-57)85(114)101-38-14-34-87(101,3)86(115)89-35-32-56-20-22-58(23-21-56)51-99(76(107)31-30-73(104)92-54)37-11-9-8-10-36-98-52-62(47-69(84(100)113)94-80(67)109)66-48-63(88)26-29-71(66)98/h12-13,16-29,42-43,48,52,54-55,67-70,72,77-78,103H,8-11,14-15,30-41,44-47,49-51,53H2,1-7H3,(H8-,89,90,91,92,93,94,95,96,97,104,105,106,108,109,110,111,112,115)/p+1/t54-,55+,67-,68-,69-,70+,72-,77-,78-,87-/m0/s1. The van der Waals surface area contributed by atoms with Crippen LogP contribution in [-0.2, 0) is 114 Å². The number of methoxy groups -OCH3 is 1. The fourth-order valence-electron chi connectivity index (χ4n) is 15.9. The van der Waals surface area contributed by atoms with Crippen molar-refractivity contribution < 1.29 is 85.7 Å². The Morgan fingerprint density at radius 3 is 2.15 bits per heavy atom. The van der Waals surface area contributed by atoms with Gasteiger partial charge in [0, 0.05) is 108 Å². The van der Waals surface area contributed by atoms with Crippen LogP contribution in [0.5, 0.6) is 11.5 Å². The van der Waals surface area contributed by atoms with E-state index in [1.807, 2.05) is 28.8 Å². The van der Waals surface area contributed by atoms with Gasteiger partial charge in [0.2, 0.25) is 70.9 Å². The number of halogens is 1. The van der Waals surface area contributed by atoms with Gasteiger partial charge in [-0.1, -0.05) is 85.6 Å². The molecule has 31 heteroatoms. The molecule has 12 amide bonds. The first kappa shape index (κ1) is 87.5. The molecule has 30 nitrogen and oxygen atoms in total. The van der Waals surface area contributed by atoms with Crippen LogP contribution in [0.1, 0.15) is 124 Å². The number of aryl methyl sites for hydroxylation is 1. The quantitative estimate of drug-likeness (QED) is 0.0587. The number of carbonyl (C=O) groups excluding carboxylic acids is 12. The Morgan fingerprint density at radius 1 is 0.669 bits per heavy atom. The van der Waals surface area contributed by atoms with Crippen LogP contribution in [0.3, 0.4) is 0 Å². The zero-order valence-corrected chi connectivity index (χ0v) is 68.3. The van der Waals surface area contributed by atoms with Gasteiger partial charge in [0.05, 0.1) is 60.0 Å². The molecule has 10 atom stereocenters. The maximum atomic E-state index is 16.3. The first-order chi connectivity index (χ1) is 56.5. The van der Waals surface area contributed by atoms with Gasteiger partial charge in [0.25, 0.3) is 0 Å². The van der Waals surface area contributed by atoms with Crippen molar-refractivity contribution in [3.05, 3.63) is 166 Å². The van der Waals surface area contributed by atoms with Gasteiger partial charge in [-0.2, -0.15) is 0 Å². The highest BCUT2D eigenvalue weighted by Crippen LogP contribution is 2.33. The molecule has 6 aliphatic heterocycles. The third kappa shape index (κ3) is 23.5. The molecule has 0 spiro atoms. The molecule has 2 fully saturated rings. The summed E-state index contributed by atoms with van der Waals surface area (Å²) < 4.78 is 36.3. The Kier molecular flexibility index (Phi) is 29.8. The molecule has 0 radical (unpaired) electrons. The topological polar surface area (TPSA) is 376 Å². The van der Waals surface area contributed by atoms with Crippen molar-refractivity contribution in [3.63, 3.8) is 0 Å². The van der Waals surface area contributed by atoms with Crippen LogP contribution in [0.15, 0.2) is 121 Å². The van der Waals surface area contributed by atoms with E-state index in [0.29, 0.717) is 108 Å². The maximum Gasteiger partial charge on any atom is 0.246 e. The number of aromatic nitrogens is 1. The van der Waals surface area contributed by atoms with E-state index in [9.17, 15) is 33.9 Å². The summed E-state index contributed by atoms with van der Waals surface area (Å²) in [6.07, 6.45) is 1.27. The second-order valence-electron chi connectivity index (χ2n) is 32.7. The summed E-state index contributed by atoms with van der Waals surface area (Å²) in [6.45, 7) is 5.11. The molecular weight excluding hydrogens is 1520 g/mol. The molecule has 632 valence electrons. The first-order valence-corrected chi connectivity index (χ1v) is 40.9. The molecule has 6 aliphatic rings. The molecule has 6 aromatic rings. The van der Waals surface area contributed by atoms with E-state index < -0.39 is 144 Å². The van der Waals surface area contributed by atoms with Gasteiger partial charge in [-0.15, -0.1) is 0 Å². The van der Waals surface area contributed by atoms with Crippen molar-refractivity contribution in [1.29, 1.82) is 0 Å². The minimum atomic E-state index is -1.87. The second kappa shape index (κ2) is 40.2. The van der Waals surface area contributed by atoms with Crippen LogP contribution in [0.2, 0.25) is 0 Å². The third-order valence-electron chi connectivity index (χ3n) is 22.5. The molecule has 118 heavy (non-hydrogen) atoms. The zero-order valence-electron chi connectivity index (χ0n) is 68.3. The summed E-state index contributed by atoms with van der Waals surface area (Å²) in [5.74, 6) is -8.79. The number of nitrogens with zero attached hydrogens (tertiary/aromatic N) is 5. The molecule has 1 aromatic heterocycles. The average Bonchev–Trinajstić information content (AvgIpc) is 1.62. The summed E-state index contributed by atoms with van der Waals surface area (Å²) in [5.41, 5.74) is 3.25. The number of quaternary nitrogens is 1. The molecule has 2 saturated heterocycles. The van der Waals surface area contributed by atoms with Gasteiger partial charge >= 0.3 is 0 Å². The van der Waals surface area contributed by atoms with Crippen LogP contribution in [-0.4, -0.2) is 241 Å². The highest BCUT2D eigenvalue weighted by molar-refractivity contribution is 6.00. The molecule has 10 N–H and O–H groups in total. The lowest BCUT2D eigenvalue weighted by Gasteiger charge is -2.37. The lowest BCUT2D eigenvalue weighted by atomic mass is 9.95. The van der Waals surface area contributed by atoms with Crippen LogP contribution >= 0.6 is 0 Å². The normalized spacial score (nSPS) is 24.2. The maximum absolute atomic E-state index is 16.3. The van der Waals surface area contributed by atoms with E-state index in [2.05, 4.69) is 69.0 Å². The predicted molar refractivity (Wildman–Crippen MR) is 435 cm³/mol. The summed E-state index contributed by atoms with van der Waals surface area (Å²) in [5, 5.41) is 37.2. The zero-order chi connectivity index (χ0) is 84.4. The first-order valence-electron chi connectivity index (χ1n) is 40.9. The van der Waals surface area contributed by atoms with E-state index in [-0.39, 0.29) is 90.0 Å². The van der Waals surface area contributed by atoms with Crippen molar-refractivity contribution >= 4 is 81.8 Å². The van der Waals surface area contributed by atoms with Crippen molar-refractivity contribution in [1.82, 2.24) is 67.1 Å². The Morgan fingerprint density at radius 2 is 1.40 bits per heavy atom. The van der Waals surface area contributed by atoms with Gasteiger partial charge in [-0.3, -0.25) is 57.5 Å². The van der Waals surface area contributed by atoms with E-state index in [1.54, 1.807) is 96.9 Å². The number of hydrogen-bond acceptors (Lipinski definition) is 16. The summed E-state index contributed by atoms with van der Waals surface area (Å²) in [6, 6.07) is 20.8. The Bertz CT molecular complexity index is 4630. The highest BCUT2D eigenvalue weighted by atomic mass is 19.1. The number of ether oxygens (including phenoxy) is 3. The third-order valence-corrected chi connectivity index (χ3v) is 22.5. The van der Waals surface area contributed by atoms with E-state index >= 15 is 33.2 Å². The molecule has 0 saturated carbocycles. The molecular formula is C87H112FN14O16+. The Hall–Kier alpha value is -11.3. The van der Waals surface area contributed by atoms with Crippen LogP contribution in [0.25, 0.3) is 10.9 Å². The SMILES string of the molecule is COc1ccc(C[C@@H]2NC(=O)[C@H]([C@@H](C)O)NC(=O)[C@@H]3[C@@H]4CCN3C(=O)[C@@H]3Cc5cn(c6ccc(F)cc56)CCCCCCN(Cc5ccc(cc5)CCNC(=O)[C@]5(C)CCCN5C2=O)C(=O)CCC(=O)N[C@@H](C)C(=O)N[C@H](CNC(=O)Cc2cccc(OCCC[N+](C)(C)C)c2)C(=O)N[C@@H](Cc2cccc(c2)CNC(=O)CO4)C(=O)N3)cc1. The minimum Gasteiger partial charge on any atom is -0.497 e. The predicted octanol–water partition coefficient (Wildman–Crippen LogP) is 3.01. The monoisotopic (exact) mass is 1630 g/mol. The number of hydrogen-bond donors (Lipinski definition) is 10. The van der Waals surface area contributed by atoms with Gasteiger partial charge < -0.3 is 90.9 Å². The number of carbonyl (C=O) groups is 12. The Balaban J connectivity index is 1.00. The van der Waals surface area contributed by atoms with Crippen LogP contribution in [0, 0.1) is 5.82 Å². The van der Waals surface area contributed by atoms with Gasteiger partial charge in [-0.25, -0.2) is 4.39 Å². The number of nitrogens with one attached hydrogen (secondary N) is 9. The molecule has 0 aliphatic carbocycles. The number of aliphatic hydroxyl groups is 1.